The molecule has 0 atom stereocenters. The number of hydrogen-bond acceptors (Lipinski definition) is 5. The Labute approximate surface area is 178 Å². The average molecular weight is 418 g/mol. The van der Waals surface area contributed by atoms with E-state index in [1.54, 1.807) is 42.5 Å². The van der Waals surface area contributed by atoms with Crippen LogP contribution in [0, 0.1) is 5.82 Å². The zero-order valence-corrected chi connectivity index (χ0v) is 16.9. The predicted molar refractivity (Wildman–Crippen MR) is 115 cm³/mol. The maximum absolute atomic E-state index is 13.8. The fourth-order valence-corrected chi connectivity index (χ4v) is 3.41. The molecule has 4 rings (SSSR count). The summed E-state index contributed by atoms with van der Waals surface area (Å²) in [6.07, 6.45) is 0. The summed E-state index contributed by atoms with van der Waals surface area (Å²) in [6, 6.07) is 19.3. The molecule has 0 aromatic heterocycles. The van der Waals surface area contributed by atoms with Gasteiger partial charge in [-0.25, -0.2) is 9.29 Å². The van der Waals surface area contributed by atoms with Gasteiger partial charge in [-0.2, -0.15) is 0 Å². The van der Waals surface area contributed by atoms with Gasteiger partial charge < -0.3 is 14.8 Å². The third-order valence-electron chi connectivity index (χ3n) is 4.88. The molecule has 1 N–H and O–H groups in total. The number of amides is 2. The number of anilines is 2. The highest BCUT2D eigenvalue weighted by Gasteiger charge is 2.40. The predicted octanol–water partition coefficient (Wildman–Crippen LogP) is 4.24. The number of nitrogens with one attached hydrogen (secondary N) is 1. The van der Waals surface area contributed by atoms with Gasteiger partial charge in [0.15, 0.2) is 0 Å². The van der Waals surface area contributed by atoms with E-state index in [4.69, 9.17) is 9.47 Å². The normalized spacial score (nSPS) is 13.6. The topological polar surface area (TPSA) is 67.9 Å². The highest BCUT2D eigenvalue weighted by molar-refractivity contribution is 6.46. The molecule has 6 nitrogen and oxygen atoms in total. The number of carbonyl (C=O) groups excluding carboxylic acids is 2. The quantitative estimate of drug-likeness (QED) is 0.607. The Kier molecular flexibility index (Phi) is 5.41. The molecule has 2 amide bonds. The van der Waals surface area contributed by atoms with Crippen LogP contribution < -0.4 is 19.7 Å². The summed E-state index contributed by atoms with van der Waals surface area (Å²) in [5, 5.41) is 3.05. The van der Waals surface area contributed by atoms with Gasteiger partial charge in [-0.15, -0.1) is 0 Å². The summed E-state index contributed by atoms with van der Waals surface area (Å²) in [7, 11) is 3.02. The Hall–Kier alpha value is -4.13. The van der Waals surface area contributed by atoms with E-state index in [1.807, 2.05) is 6.07 Å². The minimum atomic E-state index is -0.598. The molecule has 3 aromatic carbocycles. The fourth-order valence-electron chi connectivity index (χ4n) is 3.41. The Balaban J connectivity index is 1.85. The van der Waals surface area contributed by atoms with Crippen molar-refractivity contribution in [2.75, 3.05) is 24.4 Å². The number of carbonyl (C=O) groups is 2. The molecular weight excluding hydrogens is 399 g/mol. The van der Waals surface area contributed by atoms with Crippen LogP contribution in [0.5, 0.6) is 11.5 Å². The molecule has 0 saturated carbocycles. The molecule has 1 aliphatic heterocycles. The molecule has 0 fully saturated rings. The monoisotopic (exact) mass is 418 g/mol. The highest BCUT2D eigenvalue weighted by atomic mass is 19.1. The first-order valence-corrected chi connectivity index (χ1v) is 9.46. The number of ether oxygens (including phenoxy) is 2. The van der Waals surface area contributed by atoms with E-state index in [2.05, 4.69) is 5.32 Å². The van der Waals surface area contributed by atoms with E-state index in [-0.39, 0.29) is 17.0 Å². The zero-order valence-electron chi connectivity index (χ0n) is 16.9. The molecule has 1 heterocycles. The van der Waals surface area contributed by atoms with Crippen LogP contribution in [-0.4, -0.2) is 26.0 Å². The number of benzene rings is 3. The van der Waals surface area contributed by atoms with Crippen molar-refractivity contribution in [3.63, 3.8) is 0 Å². The average Bonchev–Trinajstić information content (AvgIpc) is 3.03. The maximum atomic E-state index is 13.8. The second kappa shape index (κ2) is 8.31. The van der Waals surface area contributed by atoms with Crippen LogP contribution in [0.4, 0.5) is 15.8 Å². The van der Waals surface area contributed by atoms with E-state index < -0.39 is 17.6 Å². The van der Waals surface area contributed by atoms with E-state index >= 15 is 0 Å². The van der Waals surface area contributed by atoms with Gasteiger partial charge in [0, 0.05) is 6.07 Å². The summed E-state index contributed by atoms with van der Waals surface area (Å²) < 4.78 is 24.5. The number of nitrogens with zero attached hydrogens (tertiary/aromatic N) is 1. The summed E-state index contributed by atoms with van der Waals surface area (Å²) >= 11 is 0. The van der Waals surface area contributed by atoms with Crippen molar-refractivity contribution in [1.29, 1.82) is 0 Å². The fraction of sp³-hybridized carbons (Fsp3) is 0.0833. The van der Waals surface area contributed by atoms with Crippen molar-refractivity contribution in [2.24, 2.45) is 0 Å². The van der Waals surface area contributed by atoms with Gasteiger partial charge in [0.05, 0.1) is 31.2 Å². The largest absolute Gasteiger partial charge is 0.497 e. The lowest BCUT2D eigenvalue weighted by Crippen LogP contribution is -2.32. The van der Waals surface area contributed by atoms with Crippen LogP contribution in [0.2, 0.25) is 0 Å². The van der Waals surface area contributed by atoms with Crippen LogP contribution in [0.15, 0.2) is 78.5 Å². The third kappa shape index (κ3) is 3.73. The van der Waals surface area contributed by atoms with E-state index in [9.17, 15) is 14.0 Å². The standard InChI is InChI=1S/C24H19FN2O4/c1-30-18-11-12-20(31-2)19(14-18)26-22-21(15-7-4-3-5-8-15)23(28)27(24(22)29)17-10-6-9-16(25)13-17/h3-14,26H,1-2H3. The number of halogens is 1. The lowest BCUT2D eigenvalue weighted by Gasteiger charge is -2.16. The number of methoxy groups -OCH3 is 2. The van der Waals surface area contributed by atoms with E-state index in [0.29, 0.717) is 22.7 Å². The lowest BCUT2D eigenvalue weighted by molar-refractivity contribution is -0.120. The SMILES string of the molecule is COc1ccc(OC)c(NC2=C(c3ccccc3)C(=O)N(c3cccc(F)c3)C2=O)c1. The summed E-state index contributed by atoms with van der Waals surface area (Å²) in [5.74, 6) is -0.685. The second-order valence-electron chi connectivity index (χ2n) is 6.73. The molecule has 3 aromatic rings. The molecule has 31 heavy (non-hydrogen) atoms. The molecule has 0 saturated heterocycles. The lowest BCUT2D eigenvalue weighted by atomic mass is 10.0. The van der Waals surface area contributed by atoms with Crippen molar-refractivity contribution in [2.45, 2.75) is 0 Å². The van der Waals surface area contributed by atoms with Crippen LogP contribution in [-0.2, 0) is 9.59 Å². The second-order valence-corrected chi connectivity index (χ2v) is 6.73. The smallest absolute Gasteiger partial charge is 0.282 e. The highest BCUT2D eigenvalue weighted by Crippen LogP contribution is 2.37. The van der Waals surface area contributed by atoms with Crippen molar-refractivity contribution in [3.05, 3.63) is 89.9 Å². The summed E-state index contributed by atoms with van der Waals surface area (Å²) in [5.41, 5.74) is 1.40. The molecule has 0 spiro atoms. The van der Waals surface area contributed by atoms with Crippen molar-refractivity contribution < 1.29 is 23.5 Å². The Morgan fingerprint density at radius 3 is 2.29 bits per heavy atom. The Morgan fingerprint density at radius 2 is 1.61 bits per heavy atom. The van der Waals surface area contributed by atoms with Gasteiger partial charge in [0.25, 0.3) is 11.8 Å². The first-order valence-electron chi connectivity index (χ1n) is 9.46. The molecular formula is C24H19FN2O4. The third-order valence-corrected chi connectivity index (χ3v) is 4.88. The van der Waals surface area contributed by atoms with Gasteiger partial charge in [0.2, 0.25) is 0 Å². The van der Waals surface area contributed by atoms with Crippen LogP contribution in [0.3, 0.4) is 0 Å². The number of imide groups is 1. The molecule has 0 bridgehead atoms. The van der Waals surface area contributed by atoms with Crippen molar-refractivity contribution >= 4 is 28.8 Å². The van der Waals surface area contributed by atoms with Crippen LogP contribution in [0.1, 0.15) is 5.56 Å². The summed E-state index contributed by atoms with van der Waals surface area (Å²) in [4.78, 5) is 27.7. The first-order chi connectivity index (χ1) is 15.0. The molecule has 7 heteroatoms. The Morgan fingerprint density at radius 1 is 0.839 bits per heavy atom. The van der Waals surface area contributed by atoms with Crippen LogP contribution >= 0.6 is 0 Å². The molecule has 0 unspecified atom stereocenters. The van der Waals surface area contributed by atoms with Gasteiger partial charge in [-0.3, -0.25) is 9.59 Å². The maximum Gasteiger partial charge on any atom is 0.282 e. The van der Waals surface area contributed by atoms with E-state index in [0.717, 1.165) is 11.0 Å². The number of hydrogen-bond donors (Lipinski definition) is 1. The van der Waals surface area contributed by atoms with Gasteiger partial charge in [-0.1, -0.05) is 36.4 Å². The first kappa shape index (κ1) is 20.2. The Bertz CT molecular complexity index is 1190. The van der Waals surface area contributed by atoms with E-state index in [1.165, 1.54) is 32.4 Å². The van der Waals surface area contributed by atoms with Crippen molar-refractivity contribution in [3.8, 4) is 11.5 Å². The van der Waals surface area contributed by atoms with Crippen molar-refractivity contribution in [1.82, 2.24) is 0 Å². The van der Waals surface area contributed by atoms with Gasteiger partial charge >= 0.3 is 0 Å². The summed E-state index contributed by atoms with van der Waals surface area (Å²) in [6.45, 7) is 0. The molecule has 0 radical (unpaired) electrons. The van der Waals surface area contributed by atoms with Crippen LogP contribution in [0.25, 0.3) is 5.57 Å². The van der Waals surface area contributed by atoms with Gasteiger partial charge in [-0.05, 0) is 35.9 Å². The minimum Gasteiger partial charge on any atom is -0.497 e. The molecule has 156 valence electrons. The zero-order chi connectivity index (χ0) is 22.0. The minimum absolute atomic E-state index is 0.0621. The number of rotatable bonds is 6. The molecule has 1 aliphatic rings. The van der Waals surface area contributed by atoms with Gasteiger partial charge in [0.1, 0.15) is 23.0 Å². The molecule has 0 aliphatic carbocycles.